The van der Waals surface area contributed by atoms with Gasteiger partial charge in [0.1, 0.15) is 59.9 Å². The van der Waals surface area contributed by atoms with E-state index in [1.165, 1.54) is 89.5 Å². The van der Waals surface area contributed by atoms with Crippen LogP contribution in [0.2, 0.25) is 5.02 Å². The van der Waals surface area contributed by atoms with Crippen LogP contribution in [0.1, 0.15) is 189 Å². The van der Waals surface area contributed by atoms with Crippen molar-refractivity contribution in [2.24, 2.45) is 17.8 Å². The lowest BCUT2D eigenvalue weighted by molar-refractivity contribution is -0.161. The molecule has 93 heavy (non-hydrogen) atoms. The second-order valence-corrected chi connectivity index (χ2v) is 27.8. The van der Waals surface area contributed by atoms with Gasteiger partial charge in [-0.25, -0.2) is 0 Å². The van der Waals surface area contributed by atoms with Gasteiger partial charge in [-0.1, -0.05) is 116 Å². The van der Waals surface area contributed by atoms with Crippen molar-refractivity contribution in [1.29, 1.82) is 0 Å². The lowest BCUT2D eigenvalue weighted by Crippen LogP contribution is -2.65. The van der Waals surface area contributed by atoms with Crippen molar-refractivity contribution in [3.63, 3.8) is 0 Å². The Balaban J connectivity index is 1.40. The molecule has 1 aromatic rings. The first kappa shape index (κ1) is 75.5. The van der Waals surface area contributed by atoms with Crippen LogP contribution in [0.15, 0.2) is 18.2 Å². The predicted molar refractivity (Wildman–Crippen MR) is 344 cm³/mol. The fourth-order valence-electron chi connectivity index (χ4n) is 14.0. The first-order chi connectivity index (χ1) is 43.7. The smallest absolute Gasteiger partial charge is 0.351 e. The Morgan fingerprint density at radius 3 is 1.81 bits per heavy atom. The van der Waals surface area contributed by atoms with Gasteiger partial charge in [0.2, 0.25) is 65.0 Å². The van der Waals surface area contributed by atoms with Gasteiger partial charge >= 0.3 is 6.18 Å². The molecule has 6 rings (SSSR count). The Hall–Kier alpha value is -6.53. The number of fused-ring (bicyclic) bond motifs is 2. The fraction of sp³-hybridized carbons (Fsp3) is 0.746. The third kappa shape index (κ3) is 17.9. The van der Waals surface area contributed by atoms with Gasteiger partial charge < -0.3 is 55.6 Å². The summed E-state index contributed by atoms with van der Waals surface area (Å²) < 4.78 is 41.5. The number of unbranched alkanes of at least 4 members (excludes halogenated alkanes) is 1. The molecule has 5 aliphatic rings. The number of alkyl halides is 3. The van der Waals surface area contributed by atoms with Crippen LogP contribution in [-0.2, 0) is 65.3 Å². The summed E-state index contributed by atoms with van der Waals surface area (Å²) in [5, 5.41) is 11.0. The van der Waals surface area contributed by atoms with Crippen molar-refractivity contribution >= 4 is 76.6 Å². The number of rotatable bonds is 11. The number of halogens is 4. The molecule has 0 bridgehead atoms. The van der Waals surface area contributed by atoms with Gasteiger partial charge in [-0.15, -0.1) is 0 Å². The number of benzene rings is 1. The first-order valence-corrected chi connectivity index (χ1v) is 34.1. The third-order valence-electron chi connectivity index (χ3n) is 20.6. The molecule has 3 heterocycles. The molecule has 4 N–H and O–H groups in total. The average Bonchev–Trinajstić information content (AvgIpc) is 1.31. The molecule has 3 aliphatic heterocycles. The van der Waals surface area contributed by atoms with Crippen LogP contribution in [0.3, 0.4) is 0 Å². The van der Waals surface area contributed by atoms with Crippen LogP contribution in [0.4, 0.5) is 13.2 Å². The zero-order valence-corrected chi connectivity index (χ0v) is 57.7. The van der Waals surface area contributed by atoms with Crippen LogP contribution in [0.25, 0.3) is 0 Å². The van der Waals surface area contributed by atoms with Gasteiger partial charge in [0.25, 0.3) is 0 Å². The van der Waals surface area contributed by atoms with Crippen LogP contribution >= 0.6 is 11.6 Å². The minimum Gasteiger partial charge on any atom is -0.351 e. The molecule has 1 spiro atoms. The van der Waals surface area contributed by atoms with Gasteiger partial charge in [0.05, 0.1) is 10.6 Å². The number of carbonyl (C=O) groups is 11. The van der Waals surface area contributed by atoms with Gasteiger partial charge in [-0.05, 0) is 114 Å². The quantitative estimate of drug-likeness (QED) is 0.193. The number of nitrogens with zero attached hydrogens (tertiary/aromatic N) is 7. The van der Waals surface area contributed by atoms with E-state index in [1.54, 1.807) is 27.7 Å². The van der Waals surface area contributed by atoms with Gasteiger partial charge in [-0.2, -0.15) is 13.2 Å². The van der Waals surface area contributed by atoms with Crippen molar-refractivity contribution < 1.29 is 65.9 Å². The highest BCUT2D eigenvalue weighted by atomic mass is 35.5. The molecule has 2 aliphatic carbocycles. The van der Waals surface area contributed by atoms with Crippen LogP contribution in [0.5, 0.6) is 0 Å². The van der Waals surface area contributed by atoms with Gasteiger partial charge in [0.15, 0.2) is 0 Å². The summed E-state index contributed by atoms with van der Waals surface area (Å²) in [6.07, 6.45) is 3.57. The average molecular weight is 1330 g/mol. The van der Waals surface area contributed by atoms with Crippen molar-refractivity contribution in [3.8, 4) is 0 Å². The number of carbonyl (C=O) groups excluding carboxylic acids is 11. The maximum Gasteiger partial charge on any atom is 0.417 e. The second kappa shape index (κ2) is 32.7. The van der Waals surface area contributed by atoms with Crippen LogP contribution < -0.4 is 21.3 Å². The summed E-state index contributed by atoms with van der Waals surface area (Å²) in [6.45, 7) is 13.9. The number of likely N-dealkylation sites (N-methyl/N-ethyl adjacent to an activating group) is 5. The summed E-state index contributed by atoms with van der Waals surface area (Å²) in [5.74, 6) is -7.42. The summed E-state index contributed by atoms with van der Waals surface area (Å²) >= 11 is 6.15. The van der Waals surface area contributed by atoms with E-state index >= 15 is 14.4 Å². The van der Waals surface area contributed by atoms with E-state index in [9.17, 15) is 51.5 Å². The molecule has 26 heteroatoms. The fourth-order valence-corrected chi connectivity index (χ4v) is 14.3. The topological polar surface area (TPSA) is 259 Å². The molecule has 2 saturated carbocycles. The van der Waals surface area contributed by atoms with Gasteiger partial charge in [0, 0.05) is 60.8 Å². The Morgan fingerprint density at radius 1 is 0.613 bits per heavy atom. The molecule has 0 radical (unpaired) electrons. The summed E-state index contributed by atoms with van der Waals surface area (Å²) in [4.78, 5) is 171. The lowest BCUT2D eigenvalue weighted by atomic mass is 9.84. The second-order valence-electron chi connectivity index (χ2n) is 27.4. The van der Waals surface area contributed by atoms with Crippen molar-refractivity contribution in [3.05, 3.63) is 34.3 Å². The van der Waals surface area contributed by atoms with E-state index in [0.29, 0.717) is 44.1 Å². The minimum absolute atomic E-state index is 0.0300. The zero-order valence-electron chi connectivity index (χ0n) is 56.9. The van der Waals surface area contributed by atoms with E-state index < -0.39 is 160 Å². The minimum atomic E-state index is -4.75. The van der Waals surface area contributed by atoms with E-state index in [0.717, 1.165) is 44.2 Å². The monoisotopic (exact) mass is 1330 g/mol. The highest BCUT2D eigenvalue weighted by molar-refractivity contribution is 6.31. The Bertz CT molecular complexity index is 2890. The molecule has 22 nitrogen and oxygen atoms in total. The van der Waals surface area contributed by atoms with Crippen LogP contribution in [-0.4, -0.2) is 214 Å². The highest BCUT2D eigenvalue weighted by Gasteiger charge is 2.51. The Labute approximate surface area is 552 Å². The number of aryl methyl sites for hydroxylation is 1. The maximum atomic E-state index is 15.2. The number of amides is 11. The van der Waals surface area contributed by atoms with E-state index in [4.69, 9.17) is 11.6 Å². The maximum absolute atomic E-state index is 15.2. The lowest BCUT2D eigenvalue weighted by Gasteiger charge is -2.46. The third-order valence-corrected chi connectivity index (χ3v) is 20.9. The number of hydrogen-bond donors (Lipinski definition) is 4. The van der Waals surface area contributed by atoms with Crippen molar-refractivity contribution in [1.82, 2.24) is 55.6 Å². The van der Waals surface area contributed by atoms with E-state index in [2.05, 4.69) is 21.3 Å². The SMILES string of the molecule is CCCC[C@H]1C(=O)N2CC[C@H]2C(=O)N(C)[C@@H](CC2CCCCC2)C(=O)N(C)[C@H](C)C(=O)N[C@@H](CCc2ccc(C(F)(F)F)c(Cl)c2)C(=O)N2CCC[C@H]2C(=O)NC2(CCCC2)C(=O)N(C)[C@@H](C(C)C)C(=O)N[C@H](C)CC(=O)N(C)[C@@H](C)C(=O)N[C@@H]([C@@H](C)CC)C(=O)N1C. The summed E-state index contributed by atoms with van der Waals surface area (Å²) in [6, 6.07) is -7.97. The van der Waals surface area contributed by atoms with Crippen molar-refractivity contribution in [2.45, 2.75) is 256 Å². The van der Waals surface area contributed by atoms with Gasteiger partial charge in [-0.3, -0.25) is 52.7 Å². The number of nitrogens with one attached hydrogen (secondary N) is 4. The standard InChI is InChI=1S/C67H103ClF3N11O11/c1-14-16-25-50-63(91)82-35-31-51(82)61(89)79(12)52(38-44-23-18-17-19-24-44)62(90)77(10)43(8)56(84)73-48(30-28-45-27-29-46(47(68)37-45)67(69,70)71)60(88)81-34-22-26-49(81)58(86)75-66(32-20-21-33-66)65(93)80(13)55(39(3)4)59(87)72-41(6)36-53(83)76(9)42(7)57(85)74-54(40(5)15-2)64(92)78(50)11/h27,29,37,39-44,48-52,54-55H,14-26,28,30-36,38H2,1-13H3,(H,72,87)(H,73,84)(H,74,85)(H,75,86)/t40-,41+,42-,43+,48-,49-,50-,51-,52-,54-,55-/m0/s1. The molecule has 1 aromatic carbocycles. The molecular weight excluding hydrogens is 1230 g/mol. The molecule has 5 fully saturated rings. The predicted octanol–water partition coefficient (Wildman–Crippen LogP) is 6.23. The first-order valence-electron chi connectivity index (χ1n) is 33.7. The molecule has 0 unspecified atom stereocenters. The van der Waals surface area contributed by atoms with E-state index in [-0.39, 0.29) is 76.8 Å². The summed E-state index contributed by atoms with van der Waals surface area (Å²) in [7, 11) is 7.34. The van der Waals surface area contributed by atoms with Crippen LogP contribution in [0, 0.1) is 17.8 Å². The molecule has 0 aromatic heterocycles. The zero-order chi connectivity index (χ0) is 69.1. The number of hydrogen-bond acceptors (Lipinski definition) is 11. The largest absolute Gasteiger partial charge is 0.417 e. The Kier molecular flexibility index (Phi) is 26.6. The molecule has 3 saturated heterocycles. The molecule has 11 atom stereocenters. The van der Waals surface area contributed by atoms with Crippen molar-refractivity contribution in [2.75, 3.05) is 48.3 Å². The normalized spacial score (nSPS) is 28.7. The Morgan fingerprint density at radius 2 is 1.23 bits per heavy atom. The summed E-state index contributed by atoms with van der Waals surface area (Å²) in [5.41, 5.74) is -2.24. The highest BCUT2D eigenvalue weighted by Crippen LogP contribution is 2.37. The molecule has 11 amide bonds. The van der Waals surface area contributed by atoms with E-state index in [1.807, 2.05) is 13.8 Å². The molecular formula is C67H103ClF3N11O11. The molecule has 520 valence electrons.